The SMILES string of the molecule is CCCC1CC1NC(=O)C(C)C#N. The molecule has 13 heavy (non-hydrogen) atoms. The van der Waals surface area contributed by atoms with Gasteiger partial charge in [0.15, 0.2) is 0 Å². The molecule has 3 atom stereocenters. The van der Waals surface area contributed by atoms with Gasteiger partial charge in [0.25, 0.3) is 0 Å². The summed E-state index contributed by atoms with van der Waals surface area (Å²) in [4.78, 5) is 11.2. The van der Waals surface area contributed by atoms with Crippen LogP contribution in [-0.2, 0) is 4.79 Å². The Morgan fingerprint density at radius 2 is 2.46 bits per heavy atom. The fourth-order valence-corrected chi connectivity index (χ4v) is 1.48. The molecule has 0 heterocycles. The normalized spacial score (nSPS) is 27.5. The number of nitriles is 1. The third-order valence-electron chi connectivity index (χ3n) is 2.50. The van der Waals surface area contributed by atoms with Gasteiger partial charge in [-0.3, -0.25) is 4.79 Å². The number of amides is 1. The number of carbonyl (C=O) groups excluding carboxylic acids is 1. The molecule has 0 bridgehead atoms. The van der Waals surface area contributed by atoms with Crippen molar-refractivity contribution in [3.8, 4) is 6.07 Å². The number of carbonyl (C=O) groups is 1. The third-order valence-corrected chi connectivity index (χ3v) is 2.50. The third kappa shape index (κ3) is 2.73. The molecule has 3 unspecified atom stereocenters. The topological polar surface area (TPSA) is 52.9 Å². The summed E-state index contributed by atoms with van der Waals surface area (Å²) in [7, 11) is 0. The van der Waals surface area contributed by atoms with Crippen molar-refractivity contribution in [3.05, 3.63) is 0 Å². The van der Waals surface area contributed by atoms with Crippen LogP contribution in [-0.4, -0.2) is 11.9 Å². The lowest BCUT2D eigenvalue weighted by Gasteiger charge is -2.04. The summed E-state index contributed by atoms with van der Waals surface area (Å²) in [6.07, 6.45) is 3.45. The Bertz CT molecular complexity index is 232. The molecule has 3 nitrogen and oxygen atoms in total. The van der Waals surface area contributed by atoms with Crippen LogP contribution < -0.4 is 5.32 Å². The average molecular weight is 180 g/mol. The molecule has 3 heteroatoms. The summed E-state index contributed by atoms with van der Waals surface area (Å²) in [6, 6.07) is 2.28. The minimum Gasteiger partial charge on any atom is -0.352 e. The molecule has 0 aromatic carbocycles. The lowest BCUT2D eigenvalue weighted by molar-refractivity contribution is -0.123. The molecule has 0 radical (unpaired) electrons. The standard InChI is InChI=1S/C10H16N2O/c1-3-4-8-5-9(8)12-10(13)7(2)6-11/h7-9H,3-5H2,1-2H3,(H,12,13). The van der Waals surface area contributed by atoms with Crippen molar-refractivity contribution < 1.29 is 4.79 Å². The first-order valence-corrected chi connectivity index (χ1v) is 4.89. The fourth-order valence-electron chi connectivity index (χ4n) is 1.48. The molecule has 1 aliphatic rings. The van der Waals surface area contributed by atoms with Gasteiger partial charge >= 0.3 is 0 Å². The quantitative estimate of drug-likeness (QED) is 0.712. The zero-order valence-corrected chi connectivity index (χ0v) is 8.21. The number of nitrogens with zero attached hydrogens (tertiary/aromatic N) is 1. The Labute approximate surface area is 79.1 Å². The van der Waals surface area contributed by atoms with Gasteiger partial charge in [0.1, 0.15) is 5.92 Å². The zero-order valence-electron chi connectivity index (χ0n) is 8.21. The summed E-state index contributed by atoms with van der Waals surface area (Å²) in [6.45, 7) is 3.78. The van der Waals surface area contributed by atoms with E-state index in [-0.39, 0.29) is 5.91 Å². The molecule has 1 N–H and O–H groups in total. The Morgan fingerprint density at radius 3 is 3.00 bits per heavy atom. The zero-order chi connectivity index (χ0) is 9.84. The van der Waals surface area contributed by atoms with Crippen LogP contribution in [0.1, 0.15) is 33.1 Å². The van der Waals surface area contributed by atoms with E-state index < -0.39 is 5.92 Å². The minimum atomic E-state index is -0.511. The first-order chi connectivity index (χ1) is 6.19. The van der Waals surface area contributed by atoms with Crippen LogP contribution in [0.3, 0.4) is 0 Å². The molecule has 1 saturated carbocycles. The van der Waals surface area contributed by atoms with Crippen LogP contribution in [0.25, 0.3) is 0 Å². The summed E-state index contributed by atoms with van der Waals surface area (Å²) >= 11 is 0. The number of hydrogen-bond donors (Lipinski definition) is 1. The molecule has 72 valence electrons. The monoisotopic (exact) mass is 180 g/mol. The van der Waals surface area contributed by atoms with Gasteiger partial charge in [-0.05, 0) is 25.7 Å². The van der Waals surface area contributed by atoms with Crippen LogP contribution in [0.15, 0.2) is 0 Å². The Hall–Kier alpha value is -1.04. The van der Waals surface area contributed by atoms with E-state index in [4.69, 9.17) is 5.26 Å². The molecular weight excluding hydrogens is 164 g/mol. The maximum atomic E-state index is 11.2. The molecule has 1 amide bonds. The Kier molecular flexibility index (Phi) is 3.30. The van der Waals surface area contributed by atoms with Crippen molar-refractivity contribution in [1.82, 2.24) is 5.32 Å². The second kappa shape index (κ2) is 4.27. The highest BCUT2D eigenvalue weighted by molar-refractivity contribution is 5.81. The average Bonchev–Trinajstić information content (AvgIpc) is 2.83. The first kappa shape index (κ1) is 10.0. The lowest BCUT2D eigenvalue weighted by atomic mass is 10.2. The molecule has 1 aliphatic carbocycles. The molecule has 1 rings (SSSR count). The Morgan fingerprint density at radius 1 is 1.77 bits per heavy atom. The number of nitrogens with one attached hydrogen (secondary N) is 1. The summed E-state index contributed by atoms with van der Waals surface area (Å²) < 4.78 is 0. The highest BCUT2D eigenvalue weighted by Gasteiger charge is 2.37. The van der Waals surface area contributed by atoms with Crippen molar-refractivity contribution in [2.45, 2.75) is 39.2 Å². The van der Waals surface area contributed by atoms with E-state index in [1.807, 2.05) is 6.07 Å². The summed E-state index contributed by atoms with van der Waals surface area (Å²) in [5.41, 5.74) is 0. The smallest absolute Gasteiger partial charge is 0.237 e. The van der Waals surface area contributed by atoms with Gasteiger partial charge in [-0.1, -0.05) is 13.3 Å². The second-order valence-corrected chi connectivity index (χ2v) is 3.75. The van der Waals surface area contributed by atoms with Gasteiger partial charge in [-0.25, -0.2) is 0 Å². The van der Waals surface area contributed by atoms with E-state index in [0.29, 0.717) is 12.0 Å². The Balaban J connectivity index is 2.21. The van der Waals surface area contributed by atoms with E-state index >= 15 is 0 Å². The number of hydrogen-bond acceptors (Lipinski definition) is 2. The van der Waals surface area contributed by atoms with Gasteiger partial charge in [-0.2, -0.15) is 5.26 Å². The van der Waals surface area contributed by atoms with Gasteiger partial charge in [-0.15, -0.1) is 0 Å². The van der Waals surface area contributed by atoms with E-state index in [2.05, 4.69) is 12.2 Å². The summed E-state index contributed by atoms with van der Waals surface area (Å²) in [5, 5.41) is 11.4. The molecule has 1 fully saturated rings. The van der Waals surface area contributed by atoms with Gasteiger partial charge in [0.2, 0.25) is 5.91 Å². The molecule has 0 aromatic rings. The van der Waals surface area contributed by atoms with Crippen LogP contribution >= 0.6 is 0 Å². The molecule has 0 aliphatic heterocycles. The van der Waals surface area contributed by atoms with Crippen LogP contribution in [0, 0.1) is 23.2 Å². The van der Waals surface area contributed by atoms with Crippen molar-refractivity contribution in [1.29, 1.82) is 5.26 Å². The van der Waals surface area contributed by atoms with E-state index in [1.54, 1.807) is 6.92 Å². The van der Waals surface area contributed by atoms with Crippen molar-refractivity contribution in [2.24, 2.45) is 11.8 Å². The van der Waals surface area contributed by atoms with Crippen LogP contribution in [0.5, 0.6) is 0 Å². The predicted molar refractivity (Wildman–Crippen MR) is 49.7 cm³/mol. The van der Waals surface area contributed by atoms with Crippen LogP contribution in [0.4, 0.5) is 0 Å². The maximum absolute atomic E-state index is 11.2. The van der Waals surface area contributed by atoms with Crippen molar-refractivity contribution >= 4 is 5.91 Å². The highest BCUT2D eigenvalue weighted by Crippen LogP contribution is 2.34. The van der Waals surface area contributed by atoms with Gasteiger partial charge in [0, 0.05) is 6.04 Å². The molecule has 0 aromatic heterocycles. The minimum absolute atomic E-state index is 0.119. The van der Waals surface area contributed by atoms with E-state index in [9.17, 15) is 4.79 Å². The van der Waals surface area contributed by atoms with Gasteiger partial charge in [0.05, 0.1) is 6.07 Å². The first-order valence-electron chi connectivity index (χ1n) is 4.89. The van der Waals surface area contributed by atoms with Crippen molar-refractivity contribution in [3.63, 3.8) is 0 Å². The van der Waals surface area contributed by atoms with Crippen LogP contribution in [0.2, 0.25) is 0 Å². The lowest BCUT2D eigenvalue weighted by Crippen LogP contribution is -2.31. The highest BCUT2D eigenvalue weighted by atomic mass is 16.1. The number of rotatable bonds is 4. The largest absolute Gasteiger partial charge is 0.352 e. The fraction of sp³-hybridized carbons (Fsp3) is 0.800. The van der Waals surface area contributed by atoms with E-state index in [0.717, 1.165) is 6.42 Å². The maximum Gasteiger partial charge on any atom is 0.237 e. The molecule has 0 saturated heterocycles. The van der Waals surface area contributed by atoms with Crippen molar-refractivity contribution in [2.75, 3.05) is 0 Å². The second-order valence-electron chi connectivity index (χ2n) is 3.75. The predicted octanol–water partition coefficient (Wildman–Crippen LogP) is 1.45. The summed E-state index contributed by atoms with van der Waals surface area (Å²) in [5.74, 6) is 0.0359. The van der Waals surface area contributed by atoms with Gasteiger partial charge < -0.3 is 5.32 Å². The molecular formula is C10H16N2O. The van der Waals surface area contributed by atoms with E-state index in [1.165, 1.54) is 12.8 Å². The molecule has 0 spiro atoms.